The van der Waals surface area contributed by atoms with Crippen LogP contribution in [0.2, 0.25) is 0 Å². The largest absolute Gasteiger partial charge is 0.201 e. The Morgan fingerprint density at radius 3 is 1.36 bits per heavy atom. The first kappa shape index (κ1) is 9.50. The maximum Gasteiger partial charge on any atom is 0.201 e. The number of rotatable bonds is 2. The van der Waals surface area contributed by atoms with Crippen molar-refractivity contribution in [2.75, 3.05) is 0 Å². The SMILES string of the molecule is Cl[SiH](c1ccccc1)c1ccccc1. The summed E-state index contributed by atoms with van der Waals surface area (Å²) in [4.78, 5) is 0. The molecule has 0 fully saturated rings. The molecule has 0 bridgehead atoms. The zero-order valence-corrected chi connectivity index (χ0v) is 9.64. The fourth-order valence-electron chi connectivity index (χ4n) is 1.44. The van der Waals surface area contributed by atoms with E-state index in [1.807, 2.05) is 36.4 Å². The van der Waals surface area contributed by atoms with Crippen molar-refractivity contribution in [1.82, 2.24) is 0 Å². The predicted octanol–water partition coefficient (Wildman–Crippen LogP) is 1.76. The highest BCUT2D eigenvalue weighted by Crippen LogP contribution is 1.95. The lowest BCUT2D eigenvalue weighted by atomic mass is 10.4. The van der Waals surface area contributed by atoms with Crippen LogP contribution in [0.1, 0.15) is 0 Å². The molecule has 0 aliphatic carbocycles. The number of hydrogen-bond acceptors (Lipinski definition) is 0. The van der Waals surface area contributed by atoms with E-state index in [-0.39, 0.29) is 0 Å². The first-order valence-electron chi connectivity index (χ1n) is 4.62. The second-order valence-corrected chi connectivity index (χ2v) is 6.55. The van der Waals surface area contributed by atoms with E-state index < -0.39 is 8.11 Å². The van der Waals surface area contributed by atoms with Crippen molar-refractivity contribution in [2.45, 2.75) is 0 Å². The van der Waals surface area contributed by atoms with Gasteiger partial charge in [-0.2, -0.15) is 11.1 Å². The molecule has 2 aromatic rings. The van der Waals surface area contributed by atoms with Crippen LogP contribution >= 0.6 is 11.1 Å². The van der Waals surface area contributed by atoms with E-state index in [1.165, 1.54) is 10.4 Å². The molecule has 2 aromatic carbocycles. The van der Waals surface area contributed by atoms with Crippen LogP contribution < -0.4 is 10.4 Å². The van der Waals surface area contributed by atoms with Gasteiger partial charge in [0.05, 0.1) is 0 Å². The summed E-state index contributed by atoms with van der Waals surface area (Å²) in [6.45, 7) is 0. The van der Waals surface area contributed by atoms with E-state index in [4.69, 9.17) is 11.1 Å². The molecule has 0 atom stereocenters. The lowest BCUT2D eigenvalue weighted by Crippen LogP contribution is -2.36. The van der Waals surface area contributed by atoms with Gasteiger partial charge in [0, 0.05) is 0 Å². The molecule has 2 rings (SSSR count). The van der Waals surface area contributed by atoms with Gasteiger partial charge in [-0.3, -0.25) is 0 Å². The highest BCUT2D eigenvalue weighted by molar-refractivity contribution is 7.21. The van der Waals surface area contributed by atoms with Crippen LogP contribution in [-0.2, 0) is 0 Å². The molecule has 0 aliphatic rings. The topological polar surface area (TPSA) is 0 Å². The van der Waals surface area contributed by atoms with Crippen LogP contribution in [0.3, 0.4) is 0 Å². The van der Waals surface area contributed by atoms with E-state index in [1.54, 1.807) is 0 Å². The lowest BCUT2D eigenvalue weighted by molar-refractivity contribution is 1.74. The Morgan fingerprint density at radius 2 is 1.00 bits per heavy atom. The summed E-state index contributed by atoms with van der Waals surface area (Å²) in [7, 11) is -1.45. The van der Waals surface area contributed by atoms with E-state index >= 15 is 0 Å². The first-order chi connectivity index (χ1) is 6.88. The maximum atomic E-state index is 6.47. The van der Waals surface area contributed by atoms with Gasteiger partial charge in [0.1, 0.15) is 0 Å². The van der Waals surface area contributed by atoms with Crippen molar-refractivity contribution in [3.63, 3.8) is 0 Å². The summed E-state index contributed by atoms with van der Waals surface area (Å²) in [5, 5.41) is 2.56. The van der Waals surface area contributed by atoms with Gasteiger partial charge in [-0.25, -0.2) is 0 Å². The fraction of sp³-hybridized carbons (Fsp3) is 0. The van der Waals surface area contributed by atoms with Gasteiger partial charge in [0.25, 0.3) is 0 Å². The summed E-state index contributed by atoms with van der Waals surface area (Å²) in [6, 6.07) is 20.6. The van der Waals surface area contributed by atoms with Gasteiger partial charge in [-0.1, -0.05) is 60.7 Å². The van der Waals surface area contributed by atoms with Crippen LogP contribution in [0.25, 0.3) is 0 Å². The third-order valence-corrected chi connectivity index (χ3v) is 5.64. The first-order valence-corrected chi connectivity index (χ1v) is 7.52. The zero-order valence-electron chi connectivity index (χ0n) is 7.73. The molecule has 0 aromatic heterocycles. The molecule has 70 valence electrons. The molecule has 0 heterocycles. The van der Waals surface area contributed by atoms with E-state index in [0.717, 1.165) is 0 Å². The third-order valence-electron chi connectivity index (χ3n) is 2.18. The minimum atomic E-state index is -1.45. The summed E-state index contributed by atoms with van der Waals surface area (Å²) >= 11 is 6.47. The minimum Gasteiger partial charge on any atom is -0.159 e. The molecule has 0 saturated heterocycles. The van der Waals surface area contributed by atoms with Crippen molar-refractivity contribution >= 4 is 29.6 Å². The fourth-order valence-corrected chi connectivity index (χ4v) is 3.81. The molecule has 14 heavy (non-hydrogen) atoms. The molecule has 0 aliphatic heterocycles. The van der Waals surface area contributed by atoms with E-state index in [2.05, 4.69) is 24.3 Å². The maximum absolute atomic E-state index is 6.47. The van der Waals surface area contributed by atoms with Crippen LogP contribution in [0.5, 0.6) is 0 Å². The van der Waals surface area contributed by atoms with Crippen molar-refractivity contribution < 1.29 is 0 Å². The smallest absolute Gasteiger partial charge is 0.159 e. The molecule has 0 radical (unpaired) electrons. The Balaban J connectivity index is 2.30. The van der Waals surface area contributed by atoms with Gasteiger partial charge in [-0.05, 0) is 10.4 Å². The number of hydrogen-bond donors (Lipinski definition) is 0. The van der Waals surface area contributed by atoms with Gasteiger partial charge in [0.2, 0.25) is 8.11 Å². The normalized spacial score (nSPS) is 10.4. The minimum absolute atomic E-state index is 1.28. The quantitative estimate of drug-likeness (QED) is 0.533. The molecule has 0 saturated carbocycles. The van der Waals surface area contributed by atoms with Crippen molar-refractivity contribution in [3.05, 3.63) is 60.7 Å². The van der Waals surface area contributed by atoms with Crippen molar-refractivity contribution in [2.24, 2.45) is 0 Å². The van der Waals surface area contributed by atoms with Crippen LogP contribution in [-0.4, -0.2) is 8.11 Å². The Bertz CT molecular complexity index is 346. The zero-order chi connectivity index (χ0) is 9.80. The molecular weight excluding hydrogens is 208 g/mol. The average Bonchev–Trinajstić information content (AvgIpc) is 2.30. The monoisotopic (exact) mass is 218 g/mol. The molecule has 0 nitrogen and oxygen atoms in total. The molecule has 0 unspecified atom stereocenters. The summed E-state index contributed by atoms with van der Waals surface area (Å²) in [5.41, 5.74) is 0. The van der Waals surface area contributed by atoms with Gasteiger partial charge in [0.15, 0.2) is 0 Å². The lowest BCUT2D eigenvalue weighted by Gasteiger charge is -2.07. The highest BCUT2D eigenvalue weighted by atomic mass is 35.6. The molecule has 0 amide bonds. The van der Waals surface area contributed by atoms with Crippen molar-refractivity contribution in [1.29, 1.82) is 0 Å². The molecule has 0 N–H and O–H groups in total. The van der Waals surface area contributed by atoms with E-state index in [9.17, 15) is 0 Å². The third kappa shape index (κ3) is 2.06. The molecule has 2 heteroatoms. The van der Waals surface area contributed by atoms with Crippen LogP contribution in [0.4, 0.5) is 0 Å². The number of benzene rings is 2. The summed E-state index contributed by atoms with van der Waals surface area (Å²) in [6.07, 6.45) is 0. The molecule has 0 spiro atoms. The standard InChI is InChI=1S/C12H11ClSi/c13-14(11-7-3-1-4-8-11)12-9-5-2-6-10-12/h1-10,14H. The van der Waals surface area contributed by atoms with Crippen LogP contribution in [0.15, 0.2) is 60.7 Å². The Hall–Kier alpha value is -1.05. The van der Waals surface area contributed by atoms with Gasteiger partial charge < -0.3 is 0 Å². The van der Waals surface area contributed by atoms with E-state index in [0.29, 0.717) is 0 Å². The average molecular weight is 219 g/mol. The summed E-state index contributed by atoms with van der Waals surface area (Å²) in [5.74, 6) is 0. The van der Waals surface area contributed by atoms with Crippen LogP contribution in [0, 0.1) is 0 Å². The second kappa shape index (κ2) is 4.44. The Kier molecular flexibility index (Phi) is 3.02. The van der Waals surface area contributed by atoms with Gasteiger partial charge >= 0.3 is 0 Å². The Morgan fingerprint density at radius 1 is 0.643 bits per heavy atom. The number of halogens is 1. The Labute approximate surface area is 90.5 Å². The highest BCUT2D eigenvalue weighted by Gasteiger charge is 2.11. The second-order valence-electron chi connectivity index (χ2n) is 3.18. The summed E-state index contributed by atoms with van der Waals surface area (Å²) < 4.78 is 0. The van der Waals surface area contributed by atoms with Gasteiger partial charge in [-0.15, -0.1) is 0 Å². The van der Waals surface area contributed by atoms with Crippen molar-refractivity contribution in [3.8, 4) is 0 Å². The predicted molar refractivity (Wildman–Crippen MR) is 65.2 cm³/mol. The molecular formula is C12H11ClSi.